The Bertz CT molecular complexity index is 1080. The van der Waals surface area contributed by atoms with E-state index in [9.17, 15) is 4.79 Å². The summed E-state index contributed by atoms with van der Waals surface area (Å²) in [5, 5.41) is 1.25. The van der Waals surface area contributed by atoms with Crippen molar-refractivity contribution in [2.75, 3.05) is 0 Å². The third-order valence-corrected chi connectivity index (χ3v) is 6.70. The first-order valence-electron chi connectivity index (χ1n) is 8.59. The molecule has 0 unspecified atom stereocenters. The number of aryl methyl sites for hydroxylation is 4. The average Bonchev–Trinajstić information content (AvgIpc) is 3.17. The lowest BCUT2D eigenvalue weighted by Gasteiger charge is -2.04. The summed E-state index contributed by atoms with van der Waals surface area (Å²) in [6.07, 6.45) is 3.19. The Balaban J connectivity index is 1.53. The van der Waals surface area contributed by atoms with Crippen LogP contribution in [0.2, 0.25) is 0 Å². The number of aromatic nitrogens is 2. The summed E-state index contributed by atoms with van der Waals surface area (Å²) in [4.78, 5) is 26.6. The number of hydrogen-bond donors (Lipinski definition) is 2. The number of rotatable bonds is 3. The normalized spacial score (nSPS) is 14.2. The van der Waals surface area contributed by atoms with E-state index in [2.05, 4.69) is 28.8 Å². The molecule has 1 aliphatic rings. The number of amidine groups is 1. The molecule has 0 atom stereocenters. The van der Waals surface area contributed by atoms with Crippen LogP contribution in [0.1, 0.15) is 33.8 Å². The van der Waals surface area contributed by atoms with E-state index in [1.807, 2.05) is 18.2 Å². The summed E-state index contributed by atoms with van der Waals surface area (Å²) in [5.74, 6) is 1.14. The fourth-order valence-electron chi connectivity index (χ4n) is 3.21. The maximum atomic E-state index is 12.5. The van der Waals surface area contributed by atoms with Gasteiger partial charge in [0.1, 0.15) is 10.7 Å². The summed E-state index contributed by atoms with van der Waals surface area (Å²) < 4.78 is 0. The van der Waals surface area contributed by atoms with Crippen LogP contribution in [-0.2, 0) is 18.6 Å². The molecule has 7 heteroatoms. The zero-order valence-corrected chi connectivity index (χ0v) is 16.4. The van der Waals surface area contributed by atoms with Gasteiger partial charge in [0.15, 0.2) is 5.17 Å². The number of benzene rings is 1. The second-order valence-corrected chi connectivity index (χ2v) is 8.64. The summed E-state index contributed by atoms with van der Waals surface area (Å²) in [6, 6.07) is 6.01. The molecule has 4 rings (SSSR count). The highest BCUT2D eigenvalue weighted by Gasteiger charge is 2.21. The second-order valence-electron chi connectivity index (χ2n) is 6.56. The molecule has 0 fully saturated rings. The van der Waals surface area contributed by atoms with E-state index in [0.717, 1.165) is 35.2 Å². The van der Waals surface area contributed by atoms with Crippen molar-refractivity contribution in [1.29, 1.82) is 0 Å². The number of aliphatic imine (C=N–C) groups is 1. The first-order chi connectivity index (χ1) is 12.5. The van der Waals surface area contributed by atoms with Crippen LogP contribution in [0.5, 0.6) is 0 Å². The lowest BCUT2D eigenvalue weighted by atomic mass is 10.1. The Morgan fingerprint density at radius 1 is 1.35 bits per heavy atom. The summed E-state index contributed by atoms with van der Waals surface area (Å²) >= 11 is 3.03. The summed E-state index contributed by atoms with van der Waals surface area (Å²) in [5.41, 5.74) is 10.5. The molecule has 0 saturated heterocycles. The SMILES string of the molecule is Cc1ccc(N=C(N)SCc2nc3sc4c(c3c(=O)[nH]2)CCC4)cc1C. The van der Waals surface area contributed by atoms with Gasteiger partial charge in [0.05, 0.1) is 16.8 Å². The predicted octanol–water partition coefficient (Wildman–Crippen LogP) is 3.97. The summed E-state index contributed by atoms with van der Waals surface area (Å²) in [6.45, 7) is 4.12. The number of hydrogen-bond acceptors (Lipinski definition) is 5. The number of H-pyrrole nitrogens is 1. The van der Waals surface area contributed by atoms with Crippen molar-refractivity contribution in [2.45, 2.75) is 38.9 Å². The predicted molar refractivity (Wildman–Crippen MR) is 111 cm³/mol. The molecule has 2 aromatic heterocycles. The van der Waals surface area contributed by atoms with Crippen molar-refractivity contribution in [3.8, 4) is 0 Å². The molecule has 5 nitrogen and oxygen atoms in total. The fraction of sp³-hybridized carbons (Fsp3) is 0.316. The Hall–Kier alpha value is -2.12. The van der Waals surface area contributed by atoms with Crippen LogP contribution in [0.25, 0.3) is 10.2 Å². The molecule has 26 heavy (non-hydrogen) atoms. The van der Waals surface area contributed by atoms with Gasteiger partial charge >= 0.3 is 0 Å². The molecule has 0 saturated carbocycles. The van der Waals surface area contributed by atoms with Crippen LogP contribution in [-0.4, -0.2) is 15.1 Å². The van der Waals surface area contributed by atoms with Crippen molar-refractivity contribution in [3.63, 3.8) is 0 Å². The van der Waals surface area contributed by atoms with Gasteiger partial charge in [0, 0.05) is 4.88 Å². The van der Waals surface area contributed by atoms with Crippen LogP contribution in [0.4, 0.5) is 5.69 Å². The van der Waals surface area contributed by atoms with Gasteiger partial charge in [-0.2, -0.15) is 0 Å². The molecule has 3 N–H and O–H groups in total. The highest BCUT2D eigenvalue weighted by Crippen LogP contribution is 2.34. The van der Waals surface area contributed by atoms with Gasteiger partial charge in [0.25, 0.3) is 5.56 Å². The van der Waals surface area contributed by atoms with E-state index >= 15 is 0 Å². The molecule has 0 radical (unpaired) electrons. The van der Waals surface area contributed by atoms with Gasteiger partial charge in [0.2, 0.25) is 0 Å². The quantitative estimate of drug-likeness (QED) is 0.529. The first kappa shape index (κ1) is 17.3. The summed E-state index contributed by atoms with van der Waals surface area (Å²) in [7, 11) is 0. The molecule has 2 heterocycles. The number of thiophene rings is 1. The number of nitrogens with zero attached hydrogens (tertiary/aromatic N) is 2. The van der Waals surface area contributed by atoms with Crippen molar-refractivity contribution in [2.24, 2.45) is 10.7 Å². The number of thioether (sulfide) groups is 1. The number of nitrogens with two attached hydrogens (primary N) is 1. The van der Waals surface area contributed by atoms with Crippen molar-refractivity contribution in [1.82, 2.24) is 9.97 Å². The van der Waals surface area contributed by atoms with Crippen LogP contribution in [0, 0.1) is 13.8 Å². The van der Waals surface area contributed by atoms with Gasteiger partial charge in [-0.15, -0.1) is 11.3 Å². The molecule has 1 aliphatic carbocycles. The molecule has 134 valence electrons. The minimum absolute atomic E-state index is 0.0327. The molecule has 1 aromatic carbocycles. The zero-order valence-electron chi connectivity index (χ0n) is 14.8. The van der Waals surface area contributed by atoms with E-state index in [4.69, 9.17) is 5.73 Å². The smallest absolute Gasteiger partial charge is 0.259 e. The monoisotopic (exact) mass is 384 g/mol. The third kappa shape index (κ3) is 3.29. The average molecular weight is 385 g/mol. The van der Waals surface area contributed by atoms with Gasteiger partial charge in [-0.05, 0) is 61.9 Å². The van der Waals surface area contributed by atoms with E-state index in [1.54, 1.807) is 11.3 Å². The largest absolute Gasteiger partial charge is 0.378 e. The first-order valence-corrected chi connectivity index (χ1v) is 10.4. The Kier molecular flexibility index (Phi) is 4.58. The van der Waals surface area contributed by atoms with E-state index in [0.29, 0.717) is 16.7 Å². The van der Waals surface area contributed by atoms with Crippen LogP contribution >= 0.6 is 23.1 Å². The van der Waals surface area contributed by atoms with Crippen molar-refractivity contribution >= 4 is 44.2 Å². The molecule has 0 bridgehead atoms. The molecular formula is C19H20N4OS2. The maximum Gasteiger partial charge on any atom is 0.259 e. The van der Waals surface area contributed by atoms with Gasteiger partial charge in [-0.1, -0.05) is 17.8 Å². The minimum Gasteiger partial charge on any atom is -0.378 e. The van der Waals surface area contributed by atoms with Crippen LogP contribution in [0.15, 0.2) is 28.0 Å². The number of fused-ring (bicyclic) bond motifs is 3. The Morgan fingerprint density at radius 2 is 2.19 bits per heavy atom. The Morgan fingerprint density at radius 3 is 3.00 bits per heavy atom. The fourth-order valence-corrected chi connectivity index (χ4v) is 5.08. The van der Waals surface area contributed by atoms with Crippen molar-refractivity contribution in [3.05, 3.63) is 55.9 Å². The molecular weight excluding hydrogens is 364 g/mol. The lowest BCUT2D eigenvalue weighted by molar-refractivity contribution is 0.916. The molecule has 0 aliphatic heterocycles. The zero-order chi connectivity index (χ0) is 18.3. The van der Waals surface area contributed by atoms with Gasteiger partial charge in [-0.25, -0.2) is 9.98 Å². The van der Waals surface area contributed by atoms with E-state index in [-0.39, 0.29) is 5.56 Å². The minimum atomic E-state index is -0.0327. The van der Waals surface area contributed by atoms with E-state index < -0.39 is 0 Å². The highest BCUT2D eigenvalue weighted by atomic mass is 32.2. The highest BCUT2D eigenvalue weighted by molar-refractivity contribution is 8.13. The number of nitrogens with one attached hydrogen (secondary N) is 1. The van der Waals surface area contributed by atoms with Gasteiger partial charge in [-0.3, -0.25) is 4.79 Å². The van der Waals surface area contributed by atoms with Crippen LogP contribution < -0.4 is 11.3 Å². The number of aromatic amines is 1. The lowest BCUT2D eigenvalue weighted by Crippen LogP contribution is -2.13. The molecule has 0 spiro atoms. The topological polar surface area (TPSA) is 84.1 Å². The van der Waals surface area contributed by atoms with E-state index in [1.165, 1.54) is 33.3 Å². The van der Waals surface area contributed by atoms with Crippen LogP contribution in [0.3, 0.4) is 0 Å². The standard InChI is InChI=1S/C19H20N4OS2/c1-10-6-7-12(8-11(10)2)21-19(20)25-9-15-22-17(24)16-13-4-3-5-14(13)26-18(16)23-15/h6-8H,3-5,9H2,1-2H3,(H2,20,21)(H,22,23,24). The second kappa shape index (κ2) is 6.89. The Labute approximate surface area is 159 Å². The maximum absolute atomic E-state index is 12.5. The molecule has 0 amide bonds. The van der Waals surface area contributed by atoms with Gasteiger partial charge < -0.3 is 10.7 Å². The van der Waals surface area contributed by atoms with Crippen molar-refractivity contribution < 1.29 is 0 Å². The molecule has 3 aromatic rings. The third-order valence-electron chi connectivity index (χ3n) is 4.71.